The lowest BCUT2D eigenvalue weighted by Gasteiger charge is -2.62. The van der Waals surface area contributed by atoms with Crippen molar-refractivity contribution in [3.05, 3.63) is 58.4 Å². The number of piperazine rings is 1. The van der Waals surface area contributed by atoms with Crippen molar-refractivity contribution in [2.24, 2.45) is 7.05 Å². The number of nitrogens with zero attached hydrogens (tertiary/aromatic N) is 4. The Morgan fingerprint density at radius 3 is 2.56 bits per heavy atom. The molecular weight excluding hydrogens is 350 g/mol. The highest BCUT2D eigenvalue weighted by molar-refractivity contribution is 5.84. The first kappa shape index (κ1) is 16.4. The van der Waals surface area contributed by atoms with Crippen LogP contribution in [0.5, 0.6) is 0 Å². The number of hydrogen-bond donors (Lipinski definition) is 0. The molecule has 2 saturated heterocycles. The van der Waals surface area contributed by atoms with Crippen molar-refractivity contribution in [2.75, 3.05) is 25.0 Å². The minimum atomic E-state index is -0.615. The number of anilines is 1. The standard InChI is InChI=1S/C20H18F2N4O/c1-24-9-18-17(24)10-26(18)12-4-6-16-14(8-12)20(27)25(2)19(23-16)13-7-11(21)3-5-15(13)22/h3-8,17-18H,9-10H2,1-2H3/t17-,18?/m1/s1. The van der Waals surface area contributed by atoms with Crippen LogP contribution in [0.4, 0.5) is 14.5 Å². The quantitative estimate of drug-likeness (QED) is 0.697. The molecule has 0 bridgehead atoms. The first-order valence-corrected chi connectivity index (χ1v) is 8.87. The van der Waals surface area contributed by atoms with Gasteiger partial charge in [-0.15, -0.1) is 0 Å². The number of halogens is 2. The molecule has 2 fully saturated rings. The van der Waals surface area contributed by atoms with Crippen LogP contribution >= 0.6 is 0 Å². The summed E-state index contributed by atoms with van der Waals surface area (Å²) in [6.07, 6.45) is 0. The number of aromatic nitrogens is 2. The Bertz CT molecular complexity index is 1140. The predicted octanol–water partition coefficient (Wildman–Crippen LogP) is 2.38. The number of hydrogen-bond acceptors (Lipinski definition) is 4. The molecule has 2 aliphatic rings. The first-order valence-electron chi connectivity index (χ1n) is 8.87. The Morgan fingerprint density at radius 2 is 1.85 bits per heavy atom. The molecule has 1 unspecified atom stereocenters. The minimum absolute atomic E-state index is 0.0244. The van der Waals surface area contributed by atoms with Crippen molar-refractivity contribution < 1.29 is 8.78 Å². The number of likely N-dealkylation sites (tertiary alicyclic amines) is 1. The fraction of sp³-hybridized carbons (Fsp3) is 0.300. The molecule has 7 heteroatoms. The van der Waals surface area contributed by atoms with Gasteiger partial charge < -0.3 is 4.90 Å². The van der Waals surface area contributed by atoms with E-state index in [0.29, 0.717) is 23.0 Å². The molecule has 3 aromatic rings. The largest absolute Gasteiger partial charge is 0.364 e. The van der Waals surface area contributed by atoms with E-state index in [4.69, 9.17) is 0 Å². The van der Waals surface area contributed by atoms with E-state index in [0.717, 1.165) is 37.0 Å². The lowest BCUT2D eigenvalue weighted by molar-refractivity contribution is 0.0369. The lowest BCUT2D eigenvalue weighted by atomic mass is 9.85. The summed E-state index contributed by atoms with van der Waals surface area (Å²) in [6, 6.07) is 9.82. The van der Waals surface area contributed by atoms with E-state index in [1.807, 2.05) is 12.1 Å². The summed E-state index contributed by atoms with van der Waals surface area (Å²) < 4.78 is 29.0. The summed E-state index contributed by atoms with van der Waals surface area (Å²) in [6.45, 7) is 1.98. The maximum absolute atomic E-state index is 14.2. The van der Waals surface area contributed by atoms with Crippen LogP contribution < -0.4 is 10.5 Å². The van der Waals surface area contributed by atoms with E-state index in [1.54, 1.807) is 6.07 Å². The summed E-state index contributed by atoms with van der Waals surface area (Å²) in [7, 11) is 3.65. The monoisotopic (exact) mass is 368 g/mol. The minimum Gasteiger partial charge on any atom is -0.364 e. The Morgan fingerprint density at radius 1 is 1.04 bits per heavy atom. The van der Waals surface area contributed by atoms with Crippen LogP contribution in [-0.4, -0.2) is 46.7 Å². The molecule has 27 heavy (non-hydrogen) atoms. The number of benzene rings is 2. The fourth-order valence-electron chi connectivity index (χ4n) is 4.12. The van der Waals surface area contributed by atoms with Gasteiger partial charge in [0.05, 0.1) is 22.5 Å². The van der Waals surface area contributed by atoms with Gasteiger partial charge in [0.1, 0.15) is 17.5 Å². The van der Waals surface area contributed by atoms with Gasteiger partial charge in [0.25, 0.3) is 5.56 Å². The van der Waals surface area contributed by atoms with Gasteiger partial charge >= 0.3 is 0 Å². The maximum Gasteiger partial charge on any atom is 0.261 e. The number of likely N-dealkylation sites (N-methyl/N-ethyl adjacent to an activating group) is 1. The van der Waals surface area contributed by atoms with Crippen molar-refractivity contribution in [1.29, 1.82) is 0 Å². The van der Waals surface area contributed by atoms with Crippen LogP contribution in [0.15, 0.2) is 41.2 Å². The zero-order valence-corrected chi connectivity index (χ0v) is 15.0. The first-order chi connectivity index (χ1) is 12.9. The van der Waals surface area contributed by atoms with Crippen molar-refractivity contribution in [2.45, 2.75) is 12.1 Å². The van der Waals surface area contributed by atoms with Crippen LogP contribution in [-0.2, 0) is 7.05 Å². The summed E-state index contributed by atoms with van der Waals surface area (Å²) in [5.41, 5.74) is 1.18. The Hall–Kier alpha value is -2.80. The van der Waals surface area contributed by atoms with E-state index >= 15 is 0 Å². The van der Waals surface area contributed by atoms with Crippen LogP contribution in [0.2, 0.25) is 0 Å². The van der Waals surface area contributed by atoms with Crippen molar-refractivity contribution in [1.82, 2.24) is 14.5 Å². The average molecular weight is 368 g/mol. The molecule has 2 atom stereocenters. The van der Waals surface area contributed by atoms with Crippen molar-refractivity contribution in [3.8, 4) is 11.4 Å². The van der Waals surface area contributed by atoms with E-state index < -0.39 is 11.6 Å². The summed E-state index contributed by atoms with van der Waals surface area (Å²) >= 11 is 0. The third-order valence-electron chi connectivity index (χ3n) is 5.83. The van der Waals surface area contributed by atoms with Crippen molar-refractivity contribution >= 4 is 16.6 Å². The zero-order valence-electron chi connectivity index (χ0n) is 15.0. The van der Waals surface area contributed by atoms with Gasteiger partial charge in [0.2, 0.25) is 0 Å². The van der Waals surface area contributed by atoms with Gasteiger partial charge in [-0.2, -0.15) is 0 Å². The van der Waals surface area contributed by atoms with E-state index in [9.17, 15) is 13.6 Å². The molecule has 0 saturated carbocycles. The lowest BCUT2D eigenvalue weighted by Crippen LogP contribution is -2.78. The third kappa shape index (κ3) is 2.31. The second-order valence-corrected chi connectivity index (χ2v) is 7.35. The molecule has 5 nitrogen and oxygen atoms in total. The zero-order chi connectivity index (χ0) is 18.9. The van der Waals surface area contributed by atoms with E-state index in [1.165, 1.54) is 11.6 Å². The number of fused-ring (bicyclic) bond motifs is 2. The topological polar surface area (TPSA) is 41.4 Å². The Kier molecular flexibility index (Phi) is 3.40. The van der Waals surface area contributed by atoms with Gasteiger partial charge in [-0.1, -0.05) is 0 Å². The van der Waals surface area contributed by atoms with Crippen molar-refractivity contribution in [3.63, 3.8) is 0 Å². The fourth-order valence-corrected chi connectivity index (χ4v) is 4.12. The van der Waals surface area contributed by atoms with E-state index in [-0.39, 0.29) is 16.9 Å². The molecular formula is C20H18F2N4O. The molecule has 0 radical (unpaired) electrons. The van der Waals surface area contributed by atoms with Gasteiger partial charge in [0, 0.05) is 31.9 Å². The van der Waals surface area contributed by atoms with Gasteiger partial charge in [-0.05, 0) is 43.4 Å². The molecule has 138 valence electrons. The SMILES string of the molecule is CN1CC2[C@H]1CN2c1ccc2nc(-c3cc(F)ccc3F)n(C)c(=O)c2c1. The second-order valence-electron chi connectivity index (χ2n) is 7.35. The molecule has 0 N–H and O–H groups in total. The Balaban J connectivity index is 1.61. The van der Waals surface area contributed by atoms with Crippen LogP contribution in [0.3, 0.4) is 0 Å². The molecule has 2 aromatic carbocycles. The molecule has 3 heterocycles. The molecule has 0 amide bonds. The highest BCUT2D eigenvalue weighted by Crippen LogP contribution is 2.37. The van der Waals surface area contributed by atoms with Gasteiger partial charge in [0.15, 0.2) is 0 Å². The summed E-state index contributed by atoms with van der Waals surface area (Å²) in [5.74, 6) is -1.08. The van der Waals surface area contributed by atoms with Gasteiger partial charge in [-0.3, -0.25) is 14.3 Å². The van der Waals surface area contributed by atoms with Crippen LogP contribution in [0, 0.1) is 11.6 Å². The molecule has 2 aliphatic heterocycles. The smallest absolute Gasteiger partial charge is 0.261 e. The Labute approximate surface area is 154 Å². The highest BCUT2D eigenvalue weighted by atomic mass is 19.1. The number of rotatable bonds is 2. The highest BCUT2D eigenvalue weighted by Gasteiger charge is 2.49. The maximum atomic E-state index is 14.2. The summed E-state index contributed by atoms with van der Waals surface area (Å²) in [4.78, 5) is 22.0. The van der Waals surface area contributed by atoms with E-state index in [2.05, 4.69) is 21.8 Å². The predicted molar refractivity (Wildman–Crippen MR) is 99.9 cm³/mol. The molecule has 5 rings (SSSR count). The van der Waals surface area contributed by atoms with Crippen LogP contribution in [0.25, 0.3) is 22.3 Å². The third-order valence-corrected chi connectivity index (χ3v) is 5.83. The average Bonchev–Trinajstić information content (AvgIpc) is 2.65. The molecule has 0 aliphatic carbocycles. The summed E-state index contributed by atoms with van der Waals surface area (Å²) in [5, 5.41) is 0.478. The second kappa shape index (κ2) is 5.60. The van der Waals surface area contributed by atoms with Crippen LogP contribution in [0.1, 0.15) is 0 Å². The normalized spacial score (nSPS) is 21.7. The molecule has 1 aromatic heterocycles. The van der Waals surface area contributed by atoms with Gasteiger partial charge in [-0.25, -0.2) is 13.8 Å². The molecule has 0 spiro atoms.